The van der Waals surface area contributed by atoms with Crippen molar-refractivity contribution in [3.05, 3.63) is 39.8 Å². The number of ether oxygens (including phenoxy) is 2. The molecule has 0 spiro atoms. The summed E-state index contributed by atoms with van der Waals surface area (Å²) in [6, 6.07) is 6.86. The summed E-state index contributed by atoms with van der Waals surface area (Å²) in [5, 5.41) is 12.4. The van der Waals surface area contributed by atoms with Crippen LogP contribution in [-0.4, -0.2) is 25.4 Å². The molecule has 0 fully saturated rings. The first kappa shape index (κ1) is 18.5. The van der Waals surface area contributed by atoms with Gasteiger partial charge in [0.15, 0.2) is 23.9 Å². The van der Waals surface area contributed by atoms with E-state index in [1.54, 1.807) is 18.2 Å². The molecule has 130 valence electrons. The van der Waals surface area contributed by atoms with Crippen LogP contribution in [0.1, 0.15) is 33.3 Å². The molecule has 25 heavy (non-hydrogen) atoms. The molecule has 1 amide bonds. The minimum Gasteiger partial charge on any atom is -0.493 e. The monoisotopic (exact) mass is 358 g/mol. The maximum Gasteiger partial charge on any atom is 0.262 e. The van der Waals surface area contributed by atoms with Gasteiger partial charge < -0.3 is 14.8 Å². The molecule has 0 radical (unpaired) electrons. The summed E-state index contributed by atoms with van der Waals surface area (Å²) in [4.78, 5) is 24.5. The smallest absolute Gasteiger partial charge is 0.262 e. The highest BCUT2D eigenvalue weighted by atomic mass is 32.1. The Kier molecular flexibility index (Phi) is 5.78. The molecule has 0 aliphatic carbocycles. The first-order valence-electron chi connectivity index (χ1n) is 7.49. The molecule has 2 rings (SSSR count). The maximum atomic E-state index is 12.1. The van der Waals surface area contributed by atoms with Gasteiger partial charge >= 0.3 is 0 Å². The first-order valence-corrected chi connectivity index (χ1v) is 8.30. The van der Waals surface area contributed by atoms with Gasteiger partial charge in [-0.2, -0.15) is 5.26 Å². The zero-order chi connectivity index (χ0) is 18.6. The fourth-order valence-electron chi connectivity index (χ4n) is 2.16. The van der Waals surface area contributed by atoms with E-state index in [0.29, 0.717) is 27.6 Å². The number of rotatable bonds is 6. The van der Waals surface area contributed by atoms with Crippen LogP contribution in [0.3, 0.4) is 0 Å². The molecule has 0 bridgehead atoms. The van der Waals surface area contributed by atoms with E-state index in [4.69, 9.17) is 9.47 Å². The molecule has 0 unspecified atom stereocenters. The van der Waals surface area contributed by atoms with E-state index < -0.39 is 0 Å². The minimum absolute atomic E-state index is 0.0879. The van der Waals surface area contributed by atoms with Crippen molar-refractivity contribution in [3.63, 3.8) is 0 Å². The highest BCUT2D eigenvalue weighted by Crippen LogP contribution is 2.32. The number of hydrogen-bond acceptors (Lipinski definition) is 6. The van der Waals surface area contributed by atoms with Crippen LogP contribution in [0.2, 0.25) is 0 Å². The number of aryl methyl sites for hydroxylation is 1. The predicted molar refractivity (Wildman–Crippen MR) is 95.6 cm³/mol. The van der Waals surface area contributed by atoms with Gasteiger partial charge in [0.05, 0.1) is 12.7 Å². The SMILES string of the molecule is COc1cc(C(C)=O)ccc1OCC(=O)Nc1sc(C)c(C)c1C#N. The zero-order valence-electron chi connectivity index (χ0n) is 14.4. The highest BCUT2D eigenvalue weighted by molar-refractivity contribution is 7.16. The lowest BCUT2D eigenvalue weighted by Gasteiger charge is -2.11. The summed E-state index contributed by atoms with van der Waals surface area (Å²) in [7, 11) is 1.46. The Hall–Kier alpha value is -2.85. The molecule has 1 aromatic carbocycles. The topological polar surface area (TPSA) is 88.4 Å². The summed E-state index contributed by atoms with van der Waals surface area (Å²) < 4.78 is 10.7. The van der Waals surface area contributed by atoms with Crippen LogP contribution in [0.15, 0.2) is 18.2 Å². The number of amides is 1. The number of carbonyl (C=O) groups excluding carboxylic acids is 2. The van der Waals surface area contributed by atoms with Gasteiger partial charge in [0.1, 0.15) is 11.1 Å². The van der Waals surface area contributed by atoms with Crippen molar-refractivity contribution in [2.45, 2.75) is 20.8 Å². The van der Waals surface area contributed by atoms with Crippen molar-refractivity contribution >= 4 is 28.0 Å². The van der Waals surface area contributed by atoms with Crippen molar-refractivity contribution in [2.75, 3.05) is 19.0 Å². The molecular weight excluding hydrogens is 340 g/mol. The third-order valence-corrected chi connectivity index (χ3v) is 4.80. The quantitative estimate of drug-likeness (QED) is 0.799. The van der Waals surface area contributed by atoms with Crippen molar-refractivity contribution in [3.8, 4) is 17.6 Å². The number of nitriles is 1. The van der Waals surface area contributed by atoms with Crippen LogP contribution in [0.5, 0.6) is 11.5 Å². The van der Waals surface area contributed by atoms with E-state index in [2.05, 4.69) is 11.4 Å². The number of thiophene rings is 1. The fourth-order valence-corrected chi connectivity index (χ4v) is 3.19. The average molecular weight is 358 g/mol. The number of ketones is 1. The standard InChI is InChI=1S/C18H18N2O4S/c1-10-12(3)25-18(14(10)8-19)20-17(22)9-24-15-6-5-13(11(2)21)7-16(15)23-4/h5-7H,9H2,1-4H3,(H,20,22). The van der Waals surface area contributed by atoms with E-state index in [-0.39, 0.29) is 18.3 Å². The van der Waals surface area contributed by atoms with E-state index in [1.807, 2.05) is 13.8 Å². The van der Waals surface area contributed by atoms with Crippen LogP contribution < -0.4 is 14.8 Å². The molecule has 2 aromatic rings. The Morgan fingerprint density at radius 3 is 2.60 bits per heavy atom. The number of Topliss-reactive ketones (excluding diaryl/α,β-unsaturated/α-hetero) is 1. The molecule has 0 aliphatic rings. The van der Waals surface area contributed by atoms with Crippen molar-refractivity contribution in [1.82, 2.24) is 0 Å². The van der Waals surface area contributed by atoms with E-state index >= 15 is 0 Å². The summed E-state index contributed by atoms with van der Waals surface area (Å²) in [6.07, 6.45) is 0. The largest absolute Gasteiger partial charge is 0.493 e. The average Bonchev–Trinajstić information content (AvgIpc) is 2.85. The summed E-state index contributed by atoms with van der Waals surface area (Å²) in [5.74, 6) is 0.272. The van der Waals surface area contributed by atoms with Gasteiger partial charge in [-0.15, -0.1) is 11.3 Å². The number of anilines is 1. The van der Waals surface area contributed by atoms with Crippen LogP contribution in [0.4, 0.5) is 5.00 Å². The zero-order valence-corrected chi connectivity index (χ0v) is 15.2. The third kappa shape index (κ3) is 4.17. The molecule has 1 N–H and O–H groups in total. The third-order valence-electron chi connectivity index (χ3n) is 3.68. The molecule has 1 aromatic heterocycles. The molecule has 7 heteroatoms. The second-order valence-electron chi connectivity index (χ2n) is 5.36. The first-order chi connectivity index (χ1) is 11.9. The summed E-state index contributed by atoms with van der Waals surface area (Å²) in [5.41, 5.74) is 1.83. The molecule has 1 heterocycles. The molecule has 0 saturated carbocycles. The van der Waals surface area contributed by atoms with Gasteiger partial charge in [-0.1, -0.05) is 0 Å². The normalized spacial score (nSPS) is 10.0. The number of methoxy groups -OCH3 is 1. The fraction of sp³-hybridized carbons (Fsp3) is 0.278. The Balaban J connectivity index is 2.07. The molecule has 0 aliphatic heterocycles. The lowest BCUT2D eigenvalue weighted by atomic mass is 10.1. The highest BCUT2D eigenvalue weighted by Gasteiger charge is 2.16. The van der Waals surface area contributed by atoms with Crippen LogP contribution in [0.25, 0.3) is 0 Å². The number of hydrogen-bond donors (Lipinski definition) is 1. The van der Waals surface area contributed by atoms with Crippen LogP contribution in [0, 0.1) is 25.2 Å². The van der Waals surface area contributed by atoms with Crippen LogP contribution in [-0.2, 0) is 4.79 Å². The summed E-state index contributed by atoms with van der Waals surface area (Å²) in [6.45, 7) is 4.96. The lowest BCUT2D eigenvalue weighted by Crippen LogP contribution is -2.20. The van der Waals surface area contributed by atoms with Gasteiger partial charge in [0.2, 0.25) is 0 Å². The number of nitrogens with zero attached hydrogens (tertiary/aromatic N) is 1. The van der Waals surface area contributed by atoms with Crippen molar-refractivity contribution < 1.29 is 19.1 Å². The van der Waals surface area contributed by atoms with Gasteiger partial charge in [0.25, 0.3) is 5.91 Å². The molecule has 0 atom stereocenters. The lowest BCUT2D eigenvalue weighted by molar-refractivity contribution is -0.118. The van der Waals surface area contributed by atoms with E-state index in [0.717, 1.165) is 10.4 Å². The predicted octanol–water partition coefficient (Wildman–Crippen LogP) is 3.47. The number of benzene rings is 1. The van der Waals surface area contributed by atoms with Gasteiger partial charge in [-0.3, -0.25) is 9.59 Å². The van der Waals surface area contributed by atoms with Crippen molar-refractivity contribution in [2.24, 2.45) is 0 Å². The van der Waals surface area contributed by atoms with E-state index in [9.17, 15) is 14.9 Å². The Morgan fingerprint density at radius 1 is 1.28 bits per heavy atom. The number of carbonyl (C=O) groups is 2. The molecular formula is C18H18N2O4S. The Bertz CT molecular complexity index is 865. The van der Waals surface area contributed by atoms with Gasteiger partial charge in [-0.05, 0) is 44.5 Å². The molecule has 6 nitrogen and oxygen atoms in total. The van der Waals surface area contributed by atoms with Crippen molar-refractivity contribution in [1.29, 1.82) is 5.26 Å². The van der Waals surface area contributed by atoms with E-state index in [1.165, 1.54) is 25.4 Å². The second kappa shape index (κ2) is 7.81. The molecule has 0 saturated heterocycles. The Morgan fingerprint density at radius 2 is 2.00 bits per heavy atom. The van der Waals surface area contributed by atoms with Gasteiger partial charge in [-0.25, -0.2) is 0 Å². The Labute approximate surface area is 150 Å². The van der Waals surface area contributed by atoms with Crippen LogP contribution >= 0.6 is 11.3 Å². The maximum absolute atomic E-state index is 12.1. The second-order valence-corrected chi connectivity index (χ2v) is 6.58. The minimum atomic E-state index is -0.379. The number of nitrogens with one attached hydrogen (secondary N) is 1. The summed E-state index contributed by atoms with van der Waals surface area (Å²) >= 11 is 1.36. The van der Waals surface area contributed by atoms with Gasteiger partial charge in [0, 0.05) is 10.4 Å².